The molecule has 4 rings (SSSR count). The van der Waals surface area contributed by atoms with Crippen LogP contribution in [-0.2, 0) is 10.0 Å². The van der Waals surface area contributed by atoms with E-state index in [9.17, 15) is 8.42 Å². The van der Waals surface area contributed by atoms with E-state index < -0.39 is 10.0 Å². The highest BCUT2D eigenvalue weighted by Crippen LogP contribution is 2.35. The van der Waals surface area contributed by atoms with E-state index in [0.717, 1.165) is 22.8 Å². The lowest BCUT2D eigenvalue weighted by atomic mass is 10.1. The molecule has 7 nitrogen and oxygen atoms in total. The van der Waals surface area contributed by atoms with Gasteiger partial charge in [0.05, 0.1) is 16.8 Å². The van der Waals surface area contributed by atoms with Crippen LogP contribution in [0.15, 0.2) is 77.3 Å². The van der Waals surface area contributed by atoms with Gasteiger partial charge in [0.1, 0.15) is 5.82 Å². The van der Waals surface area contributed by atoms with Gasteiger partial charge in [0.2, 0.25) is 0 Å². The van der Waals surface area contributed by atoms with Crippen LogP contribution in [0.3, 0.4) is 0 Å². The van der Waals surface area contributed by atoms with Crippen LogP contribution < -0.4 is 9.62 Å². The number of aromatic amines is 1. The molecule has 4 aromatic rings. The third kappa shape index (κ3) is 3.62. The molecule has 0 saturated heterocycles. The Morgan fingerprint density at radius 3 is 2.46 bits per heavy atom. The SMILES string of the molecule is Cc1ccccc1N(c1ccc(S(=O)(=O)Nc2nccs2)cc1)c1ccn[nH]1. The second-order valence-corrected chi connectivity index (χ2v) is 8.58. The summed E-state index contributed by atoms with van der Waals surface area (Å²) in [5.41, 5.74) is 2.87. The van der Waals surface area contributed by atoms with Crippen LogP contribution in [0.1, 0.15) is 5.56 Å². The number of nitrogens with one attached hydrogen (secondary N) is 2. The minimum Gasteiger partial charge on any atom is -0.295 e. The number of benzene rings is 2. The average molecular weight is 412 g/mol. The number of aryl methyl sites for hydroxylation is 1. The van der Waals surface area contributed by atoms with Crippen molar-refractivity contribution in [3.63, 3.8) is 0 Å². The first-order chi connectivity index (χ1) is 13.5. The molecule has 0 aliphatic heterocycles. The summed E-state index contributed by atoms with van der Waals surface area (Å²) in [6.45, 7) is 2.02. The number of sulfonamides is 1. The molecule has 0 fully saturated rings. The van der Waals surface area contributed by atoms with Crippen molar-refractivity contribution in [2.75, 3.05) is 9.62 Å². The fourth-order valence-corrected chi connectivity index (χ4v) is 4.61. The monoisotopic (exact) mass is 411 g/mol. The van der Waals surface area contributed by atoms with Crippen molar-refractivity contribution in [1.29, 1.82) is 0 Å². The number of anilines is 4. The van der Waals surface area contributed by atoms with E-state index >= 15 is 0 Å². The Bertz CT molecular complexity index is 1160. The minimum absolute atomic E-state index is 0.167. The molecule has 142 valence electrons. The molecule has 2 aromatic heterocycles. The topological polar surface area (TPSA) is 91.0 Å². The Kier molecular flexibility index (Phi) is 4.84. The summed E-state index contributed by atoms with van der Waals surface area (Å²) >= 11 is 1.23. The third-order valence-corrected chi connectivity index (χ3v) is 6.32. The quantitative estimate of drug-likeness (QED) is 0.489. The molecule has 0 aliphatic carbocycles. The van der Waals surface area contributed by atoms with Crippen molar-refractivity contribution in [2.24, 2.45) is 0 Å². The highest BCUT2D eigenvalue weighted by molar-refractivity contribution is 7.93. The molecule has 0 atom stereocenters. The van der Waals surface area contributed by atoms with Crippen LogP contribution in [-0.4, -0.2) is 23.6 Å². The summed E-state index contributed by atoms with van der Waals surface area (Å²) in [5.74, 6) is 0.783. The molecular weight excluding hydrogens is 394 g/mol. The fourth-order valence-electron chi connectivity index (χ4n) is 2.82. The van der Waals surface area contributed by atoms with Crippen LogP contribution >= 0.6 is 11.3 Å². The fraction of sp³-hybridized carbons (Fsp3) is 0.0526. The zero-order valence-electron chi connectivity index (χ0n) is 14.9. The number of hydrogen-bond donors (Lipinski definition) is 2. The van der Waals surface area contributed by atoms with Gasteiger partial charge < -0.3 is 0 Å². The van der Waals surface area contributed by atoms with Crippen LogP contribution in [0.2, 0.25) is 0 Å². The van der Waals surface area contributed by atoms with Crippen LogP contribution in [0.4, 0.5) is 22.3 Å². The molecule has 2 N–H and O–H groups in total. The summed E-state index contributed by atoms with van der Waals surface area (Å²) in [5, 5.41) is 9.07. The predicted octanol–water partition coefficient (Wildman–Crippen LogP) is 4.45. The summed E-state index contributed by atoms with van der Waals surface area (Å²) in [6.07, 6.45) is 3.23. The molecule has 0 amide bonds. The predicted molar refractivity (Wildman–Crippen MR) is 111 cm³/mol. The zero-order valence-corrected chi connectivity index (χ0v) is 16.5. The smallest absolute Gasteiger partial charge is 0.263 e. The number of rotatable bonds is 6. The van der Waals surface area contributed by atoms with E-state index in [2.05, 4.69) is 19.9 Å². The molecular formula is C19H17N5O2S2. The van der Waals surface area contributed by atoms with Crippen molar-refractivity contribution >= 4 is 43.7 Å². The van der Waals surface area contributed by atoms with E-state index in [1.807, 2.05) is 42.2 Å². The highest BCUT2D eigenvalue weighted by atomic mass is 32.2. The Morgan fingerprint density at radius 1 is 1.04 bits per heavy atom. The normalized spacial score (nSPS) is 11.3. The lowest BCUT2D eigenvalue weighted by Gasteiger charge is -2.25. The number of thiazole rings is 1. The van der Waals surface area contributed by atoms with Crippen LogP contribution in [0.5, 0.6) is 0 Å². The molecule has 0 saturated carbocycles. The standard InChI is InChI=1S/C19H17N5O2S2/c1-14-4-2-3-5-17(14)24(18-10-11-21-22-18)15-6-8-16(9-7-15)28(25,26)23-19-20-12-13-27-19/h2-13H,1H3,(H,20,23)(H,21,22). The van der Waals surface area contributed by atoms with Gasteiger partial charge in [-0.05, 0) is 42.8 Å². The van der Waals surface area contributed by atoms with Gasteiger partial charge in [-0.25, -0.2) is 13.4 Å². The molecule has 0 radical (unpaired) electrons. The second-order valence-electron chi connectivity index (χ2n) is 6.00. The van der Waals surface area contributed by atoms with E-state index in [4.69, 9.17) is 0 Å². The van der Waals surface area contributed by atoms with Gasteiger partial charge in [0, 0.05) is 23.3 Å². The van der Waals surface area contributed by atoms with Gasteiger partial charge in [-0.2, -0.15) is 5.10 Å². The Hall–Kier alpha value is -3.17. The van der Waals surface area contributed by atoms with E-state index in [-0.39, 0.29) is 4.90 Å². The molecule has 9 heteroatoms. The Morgan fingerprint density at radius 2 is 1.82 bits per heavy atom. The van der Waals surface area contributed by atoms with Crippen LogP contribution in [0, 0.1) is 6.92 Å². The molecule has 28 heavy (non-hydrogen) atoms. The lowest BCUT2D eigenvalue weighted by molar-refractivity contribution is 0.601. The molecule has 0 bridgehead atoms. The Labute approximate surface area is 166 Å². The summed E-state index contributed by atoms with van der Waals surface area (Å²) in [6, 6.07) is 16.5. The number of hydrogen-bond acceptors (Lipinski definition) is 6. The first kappa shape index (κ1) is 18.2. The number of para-hydroxylation sites is 1. The van der Waals surface area contributed by atoms with Crippen LogP contribution in [0.25, 0.3) is 0 Å². The van der Waals surface area contributed by atoms with Gasteiger partial charge in [-0.15, -0.1) is 11.3 Å². The molecule has 0 unspecified atom stereocenters. The van der Waals surface area contributed by atoms with Crippen molar-refractivity contribution in [2.45, 2.75) is 11.8 Å². The summed E-state index contributed by atoms with van der Waals surface area (Å²) < 4.78 is 27.6. The van der Waals surface area contributed by atoms with Crippen molar-refractivity contribution < 1.29 is 8.42 Å². The Balaban J connectivity index is 1.70. The maximum atomic E-state index is 12.6. The zero-order chi connectivity index (χ0) is 19.6. The average Bonchev–Trinajstić information content (AvgIpc) is 3.38. The number of H-pyrrole nitrogens is 1. The van der Waals surface area contributed by atoms with E-state index in [1.54, 1.807) is 42.0 Å². The maximum Gasteiger partial charge on any atom is 0.263 e. The highest BCUT2D eigenvalue weighted by Gasteiger charge is 2.19. The van der Waals surface area contributed by atoms with Gasteiger partial charge in [0.15, 0.2) is 5.13 Å². The van der Waals surface area contributed by atoms with Crippen molar-refractivity contribution in [3.8, 4) is 0 Å². The third-order valence-electron chi connectivity index (χ3n) is 4.14. The van der Waals surface area contributed by atoms with Gasteiger partial charge in [0.25, 0.3) is 10.0 Å². The summed E-state index contributed by atoms with van der Waals surface area (Å²) in [7, 11) is -3.69. The molecule has 0 spiro atoms. The second kappa shape index (κ2) is 7.45. The largest absolute Gasteiger partial charge is 0.295 e. The van der Waals surface area contributed by atoms with E-state index in [1.165, 1.54) is 11.3 Å². The molecule has 0 aliphatic rings. The first-order valence-electron chi connectivity index (χ1n) is 8.42. The minimum atomic E-state index is -3.69. The van der Waals surface area contributed by atoms with Gasteiger partial charge in [-0.1, -0.05) is 18.2 Å². The molecule has 2 aromatic carbocycles. The lowest BCUT2D eigenvalue weighted by Crippen LogP contribution is -2.14. The van der Waals surface area contributed by atoms with Gasteiger partial charge >= 0.3 is 0 Å². The number of aromatic nitrogens is 3. The summed E-state index contributed by atoms with van der Waals surface area (Å²) in [4.78, 5) is 6.13. The van der Waals surface area contributed by atoms with Crippen molar-refractivity contribution in [3.05, 3.63) is 77.9 Å². The first-order valence-corrected chi connectivity index (χ1v) is 10.8. The van der Waals surface area contributed by atoms with Crippen molar-refractivity contribution in [1.82, 2.24) is 15.2 Å². The molecule has 2 heterocycles. The maximum absolute atomic E-state index is 12.6. The van der Waals surface area contributed by atoms with E-state index in [0.29, 0.717) is 5.13 Å². The number of nitrogens with zero attached hydrogens (tertiary/aromatic N) is 3. The van der Waals surface area contributed by atoms with Gasteiger partial charge in [-0.3, -0.25) is 14.7 Å².